The van der Waals surface area contributed by atoms with E-state index in [1.54, 1.807) is 48.7 Å². The van der Waals surface area contributed by atoms with Gasteiger partial charge in [0.25, 0.3) is 5.91 Å². The summed E-state index contributed by atoms with van der Waals surface area (Å²) < 4.78 is 12.9. The fraction of sp³-hybridized carbons (Fsp3) is 0.238. The Morgan fingerprint density at radius 3 is 2.46 bits per heavy atom. The highest BCUT2D eigenvalue weighted by atomic mass is 19.1. The minimum absolute atomic E-state index is 0.155. The van der Waals surface area contributed by atoms with E-state index in [1.165, 1.54) is 12.1 Å². The molecule has 6 nitrogen and oxygen atoms in total. The zero-order valence-corrected chi connectivity index (χ0v) is 15.7. The molecular weight excluding hydrogens is 357 g/mol. The van der Waals surface area contributed by atoms with Crippen molar-refractivity contribution in [1.29, 1.82) is 0 Å². The minimum atomic E-state index is -0.251. The molecule has 144 valence electrons. The number of halogens is 1. The van der Waals surface area contributed by atoms with E-state index in [0.717, 1.165) is 17.5 Å². The van der Waals surface area contributed by atoms with Crippen molar-refractivity contribution >= 4 is 11.9 Å². The van der Waals surface area contributed by atoms with Crippen LogP contribution in [0.2, 0.25) is 0 Å². The number of carbonyl (C=O) groups is 1. The first kappa shape index (κ1) is 19.4. The van der Waals surface area contributed by atoms with Crippen molar-refractivity contribution in [1.82, 2.24) is 19.9 Å². The number of amides is 1. The number of aromatic nitrogens is 3. The molecule has 0 aliphatic carbocycles. The molecule has 2 heterocycles. The average molecular weight is 379 g/mol. The Kier molecular flexibility index (Phi) is 6.62. The van der Waals surface area contributed by atoms with Crippen LogP contribution in [0.5, 0.6) is 0 Å². The van der Waals surface area contributed by atoms with Crippen LogP contribution in [0, 0.1) is 5.82 Å². The molecule has 0 aliphatic heterocycles. The van der Waals surface area contributed by atoms with Gasteiger partial charge < -0.3 is 10.2 Å². The quantitative estimate of drug-likeness (QED) is 0.652. The number of pyridine rings is 1. The lowest BCUT2D eigenvalue weighted by atomic mass is 10.1. The first-order chi connectivity index (χ1) is 13.6. The molecule has 1 N–H and O–H groups in total. The van der Waals surface area contributed by atoms with E-state index in [1.807, 2.05) is 12.1 Å². The van der Waals surface area contributed by atoms with Crippen LogP contribution in [0.3, 0.4) is 0 Å². The summed E-state index contributed by atoms with van der Waals surface area (Å²) >= 11 is 0. The topological polar surface area (TPSA) is 71.0 Å². The minimum Gasteiger partial charge on any atom is -0.354 e. The molecule has 1 amide bonds. The van der Waals surface area contributed by atoms with Gasteiger partial charge >= 0.3 is 0 Å². The molecule has 0 saturated carbocycles. The normalized spacial score (nSPS) is 10.5. The SMILES string of the molecule is CN(CCc1ccncc1)C(=O)c1ccnc(NCCc2ccc(F)cc2)n1. The molecule has 0 radical (unpaired) electrons. The Labute approximate surface area is 163 Å². The van der Waals surface area contributed by atoms with E-state index in [4.69, 9.17) is 0 Å². The fourth-order valence-electron chi connectivity index (χ4n) is 2.68. The maximum atomic E-state index is 12.9. The Bertz CT molecular complexity index is 902. The largest absolute Gasteiger partial charge is 0.354 e. The van der Waals surface area contributed by atoms with Crippen molar-refractivity contribution in [2.24, 2.45) is 0 Å². The Balaban J connectivity index is 1.52. The number of likely N-dealkylation sites (N-methyl/N-ethyl adjacent to an activating group) is 1. The van der Waals surface area contributed by atoms with E-state index in [2.05, 4.69) is 20.3 Å². The van der Waals surface area contributed by atoms with Crippen LogP contribution in [0.25, 0.3) is 0 Å². The first-order valence-electron chi connectivity index (χ1n) is 9.07. The lowest BCUT2D eigenvalue weighted by molar-refractivity contribution is 0.0791. The summed E-state index contributed by atoms with van der Waals surface area (Å²) in [5.74, 6) is -0.00663. The summed E-state index contributed by atoms with van der Waals surface area (Å²) in [5, 5.41) is 3.11. The third kappa shape index (κ3) is 5.57. The molecular formula is C21H22FN5O. The smallest absolute Gasteiger partial charge is 0.272 e. The standard InChI is InChI=1S/C21H22FN5O/c1-27(15-10-17-6-11-23-12-7-17)20(28)19-9-14-25-21(26-19)24-13-8-16-2-4-18(22)5-3-16/h2-7,9,11-12,14H,8,10,13,15H2,1H3,(H,24,25,26). The van der Waals surface area contributed by atoms with E-state index in [0.29, 0.717) is 31.2 Å². The van der Waals surface area contributed by atoms with Gasteiger partial charge in [-0.15, -0.1) is 0 Å². The second kappa shape index (κ2) is 9.55. The number of anilines is 1. The first-order valence-corrected chi connectivity index (χ1v) is 9.07. The number of hydrogen-bond donors (Lipinski definition) is 1. The van der Waals surface area contributed by atoms with Crippen LogP contribution in [0.15, 0.2) is 61.1 Å². The highest BCUT2D eigenvalue weighted by Gasteiger charge is 2.14. The third-order valence-corrected chi connectivity index (χ3v) is 4.32. The number of nitrogens with one attached hydrogen (secondary N) is 1. The molecule has 2 aromatic heterocycles. The van der Waals surface area contributed by atoms with Gasteiger partial charge in [-0.2, -0.15) is 0 Å². The van der Waals surface area contributed by atoms with Crippen molar-refractivity contribution in [3.05, 3.63) is 83.7 Å². The third-order valence-electron chi connectivity index (χ3n) is 4.32. The average Bonchev–Trinajstić information content (AvgIpc) is 2.74. The Morgan fingerprint density at radius 1 is 1.00 bits per heavy atom. The van der Waals surface area contributed by atoms with Gasteiger partial charge in [-0.25, -0.2) is 14.4 Å². The second-order valence-electron chi connectivity index (χ2n) is 6.40. The summed E-state index contributed by atoms with van der Waals surface area (Å²) in [6.45, 7) is 1.17. The molecule has 0 saturated heterocycles. The van der Waals surface area contributed by atoms with E-state index in [-0.39, 0.29) is 11.7 Å². The highest BCUT2D eigenvalue weighted by molar-refractivity contribution is 5.92. The van der Waals surface area contributed by atoms with Gasteiger partial charge in [0.2, 0.25) is 5.95 Å². The molecule has 3 rings (SSSR count). The fourth-order valence-corrected chi connectivity index (χ4v) is 2.68. The van der Waals surface area contributed by atoms with E-state index >= 15 is 0 Å². The maximum absolute atomic E-state index is 12.9. The van der Waals surface area contributed by atoms with Crippen LogP contribution in [0.4, 0.5) is 10.3 Å². The predicted molar refractivity (Wildman–Crippen MR) is 106 cm³/mol. The van der Waals surface area contributed by atoms with Gasteiger partial charge in [-0.05, 0) is 54.3 Å². The lowest BCUT2D eigenvalue weighted by Crippen LogP contribution is -2.29. The van der Waals surface area contributed by atoms with Gasteiger partial charge in [0, 0.05) is 38.7 Å². The number of rotatable bonds is 8. The van der Waals surface area contributed by atoms with Crippen molar-refractivity contribution in [2.75, 3.05) is 25.5 Å². The number of hydrogen-bond acceptors (Lipinski definition) is 5. The maximum Gasteiger partial charge on any atom is 0.272 e. The predicted octanol–water partition coefficient (Wildman–Crippen LogP) is 2.98. The summed E-state index contributed by atoms with van der Waals surface area (Å²) in [6, 6.07) is 11.8. The molecule has 7 heteroatoms. The van der Waals surface area contributed by atoms with Crippen LogP contribution in [-0.4, -0.2) is 45.9 Å². The van der Waals surface area contributed by atoms with Crippen molar-refractivity contribution in [3.63, 3.8) is 0 Å². The van der Waals surface area contributed by atoms with E-state index in [9.17, 15) is 9.18 Å². The van der Waals surface area contributed by atoms with Crippen LogP contribution >= 0.6 is 0 Å². The highest BCUT2D eigenvalue weighted by Crippen LogP contribution is 2.07. The molecule has 3 aromatic rings. The van der Waals surface area contributed by atoms with Crippen LogP contribution < -0.4 is 5.32 Å². The van der Waals surface area contributed by atoms with Gasteiger partial charge in [0.05, 0.1) is 0 Å². The van der Waals surface area contributed by atoms with Gasteiger partial charge in [-0.1, -0.05) is 12.1 Å². The van der Waals surface area contributed by atoms with Gasteiger partial charge in [0.15, 0.2) is 0 Å². The zero-order chi connectivity index (χ0) is 19.8. The molecule has 28 heavy (non-hydrogen) atoms. The van der Waals surface area contributed by atoms with Crippen molar-refractivity contribution < 1.29 is 9.18 Å². The van der Waals surface area contributed by atoms with Crippen LogP contribution in [0.1, 0.15) is 21.6 Å². The molecule has 0 fully saturated rings. The molecule has 0 unspecified atom stereocenters. The number of carbonyl (C=O) groups excluding carboxylic acids is 1. The number of benzene rings is 1. The van der Waals surface area contributed by atoms with E-state index < -0.39 is 0 Å². The summed E-state index contributed by atoms with van der Waals surface area (Å²) in [7, 11) is 1.76. The van der Waals surface area contributed by atoms with Crippen LogP contribution in [-0.2, 0) is 12.8 Å². The monoisotopic (exact) mass is 379 g/mol. The molecule has 1 aromatic carbocycles. The zero-order valence-electron chi connectivity index (χ0n) is 15.7. The Hall–Kier alpha value is -3.35. The van der Waals surface area contributed by atoms with Crippen molar-refractivity contribution in [2.45, 2.75) is 12.8 Å². The van der Waals surface area contributed by atoms with Gasteiger partial charge in [0.1, 0.15) is 11.5 Å². The van der Waals surface area contributed by atoms with Gasteiger partial charge in [-0.3, -0.25) is 9.78 Å². The summed E-state index contributed by atoms with van der Waals surface area (Å²) in [5.41, 5.74) is 2.48. The lowest BCUT2D eigenvalue weighted by Gasteiger charge is -2.17. The molecule has 0 aliphatic rings. The molecule has 0 atom stereocenters. The molecule has 0 bridgehead atoms. The summed E-state index contributed by atoms with van der Waals surface area (Å²) in [4.78, 5) is 26.7. The summed E-state index contributed by atoms with van der Waals surface area (Å²) in [6.07, 6.45) is 6.50. The second-order valence-corrected chi connectivity index (χ2v) is 6.40. The van der Waals surface area contributed by atoms with Crippen molar-refractivity contribution in [3.8, 4) is 0 Å². The number of nitrogens with zero attached hydrogens (tertiary/aromatic N) is 4. The molecule has 0 spiro atoms. The Morgan fingerprint density at radius 2 is 1.71 bits per heavy atom.